The zero-order valence-electron chi connectivity index (χ0n) is 34.4. The van der Waals surface area contributed by atoms with Gasteiger partial charge in [0.15, 0.2) is 5.75 Å². The fraction of sp³-hybridized carbons (Fsp3) is 0.370. The van der Waals surface area contributed by atoms with Crippen LogP contribution in [0.3, 0.4) is 0 Å². The van der Waals surface area contributed by atoms with E-state index in [4.69, 9.17) is 34.7 Å². The lowest BCUT2D eigenvalue weighted by atomic mass is 10.2. The van der Waals surface area contributed by atoms with E-state index in [2.05, 4.69) is 19.9 Å². The van der Waals surface area contributed by atoms with Crippen LogP contribution in [0.4, 0.5) is 10.3 Å². The number of thiazole rings is 2. The molecule has 2 aromatic heterocycles. The molecule has 0 saturated carbocycles. The van der Waals surface area contributed by atoms with Gasteiger partial charge in [-0.3, -0.25) is 4.79 Å². The van der Waals surface area contributed by atoms with Gasteiger partial charge in [-0.25, -0.2) is 20.0 Å². The number of hydrogen-bond acceptors (Lipinski definition) is 14. The van der Waals surface area contributed by atoms with Crippen LogP contribution in [0.1, 0.15) is 102 Å². The number of aromatic nitrogens is 2. The first-order valence-corrected chi connectivity index (χ1v) is 22.5. The summed E-state index contributed by atoms with van der Waals surface area (Å²) in [5.74, 6) is 0.509. The highest BCUT2D eigenvalue weighted by Crippen LogP contribution is 2.31. The molecule has 6 rings (SSSR count). The number of fused-ring (bicyclic) bond motifs is 2. The number of ether oxygens (including phenoxy) is 1. The molecular formula is C46H54N6O6S2. The van der Waals surface area contributed by atoms with Gasteiger partial charge in [-0.2, -0.15) is 15.1 Å². The van der Waals surface area contributed by atoms with Crippen LogP contribution in [-0.2, 0) is 9.68 Å². The Kier molecular flexibility index (Phi) is 17.1. The molecule has 60 heavy (non-hydrogen) atoms. The lowest BCUT2D eigenvalue weighted by Gasteiger charge is -2.15. The third-order valence-corrected chi connectivity index (χ3v) is 11.7. The largest absolute Gasteiger partial charge is 0.507 e. The van der Waals surface area contributed by atoms with Crippen LogP contribution in [0.5, 0.6) is 23.0 Å². The Balaban J connectivity index is 0.943. The molecule has 0 bridgehead atoms. The molecule has 0 atom stereocenters. The van der Waals surface area contributed by atoms with Crippen LogP contribution in [0.25, 0.3) is 20.4 Å². The molecule has 14 heteroatoms. The molecule has 0 unspecified atom stereocenters. The number of nitrogens with zero attached hydrogens (tertiary/aromatic N) is 6. The highest BCUT2D eigenvalue weighted by Gasteiger charge is 2.14. The molecule has 0 fully saturated rings. The summed E-state index contributed by atoms with van der Waals surface area (Å²) in [6.07, 6.45) is 14.2. The average Bonchev–Trinajstić information content (AvgIpc) is 3.90. The van der Waals surface area contributed by atoms with Crippen molar-refractivity contribution in [2.24, 2.45) is 10.2 Å². The number of aromatic hydroxyl groups is 2. The first-order valence-electron chi connectivity index (χ1n) is 20.9. The van der Waals surface area contributed by atoms with Gasteiger partial charge in [0.2, 0.25) is 10.3 Å². The molecule has 0 spiro atoms. The number of hydrazone groups is 2. The smallest absolute Gasteiger partial charge is 0.311 e. The predicted octanol–water partition coefficient (Wildman–Crippen LogP) is 11.6. The molecule has 0 aliphatic rings. The molecule has 2 heterocycles. The minimum atomic E-state index is -0.367. The van der Waals surface area contributed by atoms with Gasteiger partial charge >= 0.3 is 5.97 Å². The summed E-state index contributed by atoms with van der Waals surface area (Å²) >= 11 is 3.17. The van der Waals surface area contributed by atoms with E-state index in [1.54, 1.807) is 65.4 Å². The Morgan fingerprint density at radius 3 is 1.72 bits per heavy atom. The number of rotatable bonds is 25. The van der Waals surface area contributed by atoms with Crippen molar-refractivity contribution in [3.05, 3.63) is 96.1 Å². The van der Waals surface area contributed by atoms with E-state index in [0.29, 0.717) is 55.2 Å². The summed E-state index contributed by atoms with van der Waals surface area (Å²) in [5.41, 5.74) is 2.79. The number of phenolic OH excluding ortho intramolecular Hbond substituents is 2. The molecule has 0 amide bonds. The number of unbranched alkanes of at least 4 members (excludes halogenated alkanes) is 8. The maximum atomic E-state index is 12.7. The number of phenols is 2. The van der Waals surface area contributed by atoms with Crippen LogP contribution in [0.15, 0.2) is 95.1 Å². The van der Waals surface area contributed by atoms with Crippen molar-refractivity contribution >= 4 is 71.8 Å². The van der Waals surface area contributed by atoms with Crippen molar-refractivity contribution < 1.29 is 29.5 Å². The number of para-hydroxylation sites is 2. The Hall–Kier alpha value is -5.57. The average molecular weight is 851 g/mol. The van der Waals surface area contributed by atoms with Gasteiger partial charge in [0, 0.05) is 30.6 Å². The second-order valence-electron chi connectivity index (χ2n) is 14.4. The van der Waals surface area contributed by atoms with E-state index in [-0.39, 0.29) is 23.9 Å². The highest BCUT2D eigenvalue weighted by atomic mass is 32.1. The van der Waals surface area contributed by atoms with Gasteiger partial charge in [0.1, 0.15) is 17.2 Å². The Labute approximate surface area is 359 Å². The van der Waals surface area contributed by atoms with Crippen molar-refractivity contribution in [1.82, 2.24) is 9.97 Å². The van der Waals surface area contributed by atoms with Crippen LogP contribution in [0, 0.1) is 0 Å². The third kappa shape index (κ3) is 13.2. The number of carbonyl (C=O) groups excluding carboxylic acids is 1. The van der Waals surface area contributed by atoms with Gasteiger partial charge in [-0.15, -0.1) is 0 Å². The number of carbonyl (C=O) groups is 1. The first kappa shape index (κ1) is 44.0. The van der Waals surface area contributed by atoms with E-state index in [0.717, 1.165) is 88.5 Å². The molecule has 6 aromatic rings. The monoisotopic (exact) mass is 850 g/mol. The van der Waals surface area contributed by atoms with Gasteiger partial charge in [0.25, 0.3) is 0 Å². The zero-order valence-corrected chi connectivity index (χ0v) is 36.0. The van der Waals surface area contributed by atoms with Crippen molar-refractivity contribution in [2.75, 3.05) is 29.7 Å². The van der Waals surface area contributed by atoms with Crippen LogP contribution < -0.4 is 19.6 Å². The van der Waals surface area contributed by atoms with Crippen LogP contribution in [-0.4, -0.2) is 58.3 Å². The molecule has 0 aliphatic carbocycles. The van der Waals surface area contributed by atoms with Crippen molar-refractivity contribution in [3.63, 3.8) is 0 Å². The minimum absolute atomic E-state index is 0.0352. The summed E-state index contributed by atoms with van der Waals surface area (Å²) in [5, 5.41) is 36.0. The zero-order chi connectivity index (χ0) is 41.9. The van der Waals surface area contributed by atoms with E-state index in [1.165, 1.54) is 6.07 Å². The number of benzene rings is 4. The van der Waals surface area contributed by atoms with Crippen LogP contribution >= 0.6 is 22.7 Å². The minimum Gasteiger partial charge on any atom is -0.507 e. The molecule has 0 radical (unpaired) electrons. The van der Waals surface area contributed by atoms with E-state index in [1.807, 2.05) is 52.5 Å². The predicted molar refractivity (Wildman–Crippen MR) is 244 cm³/mol. The summed E-state index contributed by atoms with van der Waals surface area (Å²) in [6, 6.07) is 25.6. The summed E-state index contributed by atoms with van der Waals surface area (Å²) < 4.78 is 7.79. The first-order chi connectivity index (χ1) is 29.4. The van der Waals surface area contributed by atoms with Gasteiger partial charge in [-0.05, 0) is 86.3 Å². The van der Waals surface area contributed by atoms with Crippen molar-refractivity contribution in [3.8, 4) is 23.0 Å². The van der Waals surface area contributed by atoms with E-state index >= 15 is 0 Å². The van der Waals surface area contributed by atoms with Crippen molar-refractivity contribution in [1.29, 1.82) is 0 Å². The molecule has 0 saturated heterocycles. The lowest BCUT2D eigenvalue weighted by Crippen LogP contribution is -2.18. The van der Waals surface area contributed by atoms with Gasteiger partial charge < -0.3 is 19.8 Å². The Morgan fingerprint density at radius 1 is 0.650 bits per heavy atom. The summed E-state index contributed by atoms with van der Waals surface area (Å²) in [6.45, 7) is 6.10. The van der Waals surface area contributed by atoms with E-state index < -0.39 is 0 Å². The molecular weight excluding hydrogens is 797 g/mol. The standard InChI is InChI=1S/C46H54N6O6S2/c1-3-5-7-15-27-51(45-49-38-18-11-13-20-42(38)59-45)47-32-34-30-36(23-25-40(34)53)57-44(55)22-10-9-17-29-56-58-37-24-26-41(54)35(31-37)33-48-52(28-16-8-6-4-2)46-50-39-19-12-14-21-43(39)60-46/h11-14,18-21,23-26,30-33,53-54H,3-10,15-17,22,27-29H2,1-2H3/b47-32+,48-33+. The van der Waals surface area contributed by atoms with Crippen molar-refractivity contribution in [2.45, 2.75) is 90.9 Å². The SMILES string of the molecule is CCCCCCN(/N=C/c1cc(OOCCCCCC(=O)Oc2ccc(O)c(/C=N/N(CCCCCC)c3nc4ccccc4s3)c2)ccc1O)c1nc2ccccc2s1. The lowest BCUT2D eigenvalue weighted by molar-refractivity contribution is -0.207. The van der Waals surface area contributed by atoms with E-state index in [9.17, 15) is 15.0 Å². The number of anilines is 2. The number of esters is 1. The second-order valence-corrected chi connectivity index (χ2v) is 16.4. The van der Waals surface area contributed by atoms with Gasteiger partial charge in [0.05, 0.1) is 39.5 Å². The third-order valence-electron chi connectivity index (χ3n) is 9.62. The van der Waals surface area contributed by atoms with Crippen LogP contribution in [0.2, 0.25) is 0 Å². The highest BCUT2D eigenvalue weighted by molar-refractivity contribution is 7.22. The molecule has 4 aromatic carbocycles. The summed E-state index contributed by atoms with van der Waals surface area (Å²) in [7, 11) is 0. The molecule has 2 N–H and O–H groups in total. The maximum Gasteiger partial charge on any atom is 0.311 e. The molecule has 0 aliphatic heterocycles. The molecule has 316 valence electrons. The number of hydrogen-bond donors (Lipinski definition) is 2. The normalized spacial score (nSPS) is 11.6. The fourth-order valence-electron chi connectivity index (χ4n) is 6.27. The Bertz CT molecular complexity index is 2260. The Morgan fingerprint density at radius 2 is 1.17 bits per heavy atom. The van der Waals surface area contributed by atoms with Gasteiger partial charge in [-0.1, -0.05) is 106 Å². The second kappa shape index (κ2) is 23.3. The molecule has 12 nitrogen and oxygen atoms in total. The quantitative estimate of drug-likeness (QED) is 0.0143. The summed E-state index contributed by atoms with van der Waals surface area (Å²) in [4.78, 5) is 33.3. The topological polar surface area (TPSA) is 142 Å². The fourth-order valence-corrected chi connectivity index (χ4v) is 8.17. The maximum absolute atomic E-state index is 12.7.